The summed E-state index contributed by atoms with van der Waals surface area (Å²) in [6, 6.07) is 13.5. The summed E-state index contributed by atoms with van der Waals surface area (Å²) in [6.45, 7) is 6.72. The van der Waals surface area contributed by atoms with Crippen molar-refractivity contribution in [2.24, 2.45) is 0 Å². The van der Waals surface area contributed by atoms with E-state index in [-0.39, 0.29) is 12.0 Å². The average Bonchev–Trinajstić information content (AvgIpc) is 3.59. The lowest BCUT2D eigenvalue weighted by atomic mass is 10.2. The second kappa shape index (κ2) is 11.5. The molecular weight excluding hydrogens is 498 g/mol. The van der Waals surface area contributed by atoms with Gasteiger partial charge in [-0.3, -0.25) is 4.79 Å². The van der Waals surface area contributed by atoms with Crippen molar-refractivity contribution in [1.82, 2.24) is 15.3 Å². The van der Waals surface area contributed by atoms with Crippen molar-refractivity contribution in [2.75, 3.05) is 49.1 Å². The van der Waals surface area contributed by atoms with Crippen molar-refractivity contribution in [3.63, 3.8) is 0 Å². The predicted octanol–water partition coefficient (Wildman–Crippen LogP) is 4.56. The second-order valence-electron chi connectivity index (χ2n) is 8.98. The number of ether oxygens (including phenoxy) is 1. The summed E-state index contributed by atoms with van der Waals surface area (Å²) in [6.07, 6.45) is 2.13. The molecule has 0 spiro atoms. The Labute approximate surface area is 220 Å². The average molecular weight is 528 g/mol. The molecule has 36 heavy (non-hydrogen) atoms. The molecule has 0 bridgehead atoms. The molecule has 3 aromatic rings. The summed E-state index contributed by atoms with van der Waals surface area (Å²) in [4.78, 5) is 26.4. The Morgan fingerprint density at radius 3 is 2.72 bits per heavy atom. The molecule has 0 radical (unpaired) electrons. The van der Waals surface area contributed by atoms with Crippen LogP contribution < -0.4 is 15.1 Å². The van der Waals surface area contributed by atoms with Crippen LogP contribution in [0.2, 0.25) is 5.02 Å². The second-order valence-corrected chi connectivity index (χ2v) is 10.3. The lowest BCUT2D eigenvalue weighted by Gasteiger charge is -2.37. The molecule has 2 fully saturated rings. The lowest BCUT2D eigenvalue weighted by Crippen LogP contribution is -2.47. The smallest absolute Gasteiger partial charge is 0.287 e. The summed E-state index contributed by atoms with van der Waals surface area (Å²) in [5, 5.41) is 4.37. The van der Waals surface area contributed by atoms with E-state index in [1.54, 1.807) is 6.07 Å². The van der Waals surface area contributed by atoms with E-state index in [9.17, 15) is 4.79 Å². The van der Waals surface area contributed by atoms with Crippen LogP contribution >= 0.6 is 23.4 Å². The number of furan rings is 1. The number of para-hydroxylation sites is 1. The van der Waals surface area contributed by atoms with Gasteiger partial charge in [-0.25, -0.2) is 9.97 Å². The number of hydrogen-bond donors (Lipinski definition) is 1. The Morgan fingerprint density at radius 2 is 1.94 bits per heavy atom. The normalized spacial score (nSPS) is 18.0. The zero-order valence-electron chi connectivity index (χ0n) is 20.3. The van der Waals surface area contributed by atoms with E-state index in [2.05, 4.69) is 26.2 Å². The van der Waals surface area contributed by atoms with Crippen molar-refractivity contribution in [3.8, 4) is 0 Å². The number of benzene rings is 1. The zero-order valence-corrected chi connectivity index (χ0v) is 21.9. The van der Waals surface area contributed by atoms with Crippen LogP contribution in [0.4, 0.5) is 11.5 Å². The summed E-state index contributed by atoms with van der Waals surface area (Å²) < 4.78 is 11.3. The topological polar surface area (TPSA) is 83.7 Å². The van der Waals surface area contributed by atoms with Gasteiger partial charge in [0.05, 0.1) is 22.6 Å². The van der Waals surface area contributed by atoms with Gasteiger partial charge in [0.1, 0.15) is 11.6 Å². The third-order valence-corrected chi connectivity index (χ3v) is 7.55. The first-order valence-electron chi connectivity index (χ1n) is 12.3. The van der Waals surface area contributed by atoms with Crippen LogP contribution in [-0.2, 0) is 10.5 Å². The fourth-order valence-electron chi connectivity index (χ4n) is 4.45. The number of amides is 1. The van der Waals surface area contributed by atoms with E-state index in [1.165, 1.54) is 11.8 Å². The minimum absolute atomic E-state index is 0.103. The van der Waals surface area contributed by atoms with Gasteiger partial charge in [0.2, 0.25) is 0 Å². The van der Waals surface area contributed by atoms with E-state index in [0.717, 1.165) is 67.8 Å². The van der Waals surface area contributed by atoms with Crippen LogP contribution in [0.5, 0.6) is 0 Å². The van der Waals surface area contributed by atoms with Gasteiger partial charge in [-0.2, -0.15) is 0 Å². The number of piperazine rings is 1. The van der Waals surface area contributed by atoms with Crippen molar-refractivity contribution < 1.29 is 13.9 Å². The molecule has 190 valence electrons. The highest BCUT2D eigenvalue weighted by molar-refractivity contribution is 7.98. The van der Waals surface area contributed by atoms with Gasteiger partial charge in [-0.1, -0.05) is 35.5 Å². The maximum absolute atomic E-state index is 12.4. The van der Waals surface area contributed by atoms with E-state index in [4.69, 9.17) is 25.7 Å². The van der Waals surface area contributed by atoms with Crippen LogP contribution in [0.3, 0.4) is 0 Å². The Bertz CT molecular complexity index is 1190. The van der Waals surface area contributed by atoms with E-state index >= 15 is 0 Å². The third-order valence-electron chi connectivity index (χ3n) is 6.36. The summed E-state index contributed by atoms with van der Waals surface area (Å²) in [7, 11) is 0. The van der Waals surface area contributed by atoms with Gasteiger partial charge in [0.15, 0.2) is 10.9 Å². The largest absolute Gasteiger partial charge is 0.455 e. The Morgan fingerprint density at radius 1 is 1.14 bits per heavy atom. The number of carbonyl (C=O) groups excluding carboxylic acids is 1. The lowest BCUT2D eigenvalue weighted by molar-refractivity contribution is 0.0834. The minimum Gasteiger partial charge on any atom is -0.455 e. The van der Waals surface area contributed by atoms with Gasteiger partial charge in [-0.15, -0.1) is 0 Å². The molecule has 1 atom stereocenters. The molecule has 2 aliphatic heterocycles. The fourth-order valence-corrected chi connectivity index (χ4v) is 5.50. The molecule has 4 heterocycles. The highest BCUT2D eigenvalue weighted by atomic mass is 35.5. The van der Waals surface area contributed by atoms with Crippen molar-refractivity contribution in [1.29, 1.82) is 0 Å². The summed E-state index contributed by atoms with van der Waals surface area (Å²) in [5.41, 5.74) is 2.00. The number of nitrogens with one attached hydrogen (secondary N) is 1. The maximum Gasteiger partial charge on any atom is 0.287 e. The van der Waals surface area contributed by atoms with Gasteiger partial charge in [-0.05, 0) is 44.0 Å². The molecule has 2 saturated heterocycles. The molecular formula is C26H30ClN5O3S. The Balaban J connectivity index is 1.15. The number of halogens is 1. The molecule has 2 aromatic heterocycles. The van der Waals surface area contributed by atoms with Crippen LogP contribution in [-0.4, -0.2) is 61.3 Å². The summed E-state index contributed by atoms with van der Waals surface area (Å²) >= 11 is 7.89. The summed E-state index contributed by atoms with van der Waals surface area (Å²) in [5.74, 6) is 2.28. The first-order chi connectivity index (χ1) is 17.5. The van der Waals surface area contributed by atoms with Gasteiger partial charge < -0.3 is 24.3 Å². The molecule has 1 amide bonds. The number of anilines is 2. The quantitative estimate of drug-likeness (QED) is 0.337. The first kappa shape index (κ1) is 24.9. The number of aryl methyl sites for hydroxylation is 1. The molecule has 8 nitrogen and oxygen atoms in total. The van der Waals surface area contributed by atoms with Crippen LogP contribution in [0.25, 0.3) is 0 Å². The molecule has 1 N–H and O–H groups in total. The highest BCUT2D eigenvalue weighted by Gasteiger charge is 2.21. The Hall–Kier alpha value is -2.75. The molecule has 5 rings (SSSR count). The predicted molar refractivity (Wildman–Crippen MR) is 142 cm³/mol. The SMILES string of the molecule is Cc1cc(N2CCN(c3ccccc3Cl)CC2)nc(SCc2ccc(C(=O)NC[C@@H]3CCCO3)o2)n1. The molecule has 0 unspecified atom stereocenters. The maximum atomic E-state index is 12.4. The number of thioether (sulfide) groups is 1. The number of rotatable bonds is 8. The van der Waals surface area contributed by atoms with Gasteiger partial charge >= 0.3 is 0 Å². The zero-order chi connectivity index (χ0) is 24.9. The van der Waals surface area contributed by atoms with Crippen LogP contribution in [0.15, 0.2) is 52.0 Å². The Kier molecular flexibility index (Phi) is 7.99. The molecule has 10 heteroatoms. The van der Waals surface area contributed by atoms with Gasteiger partial charge in [0, 0.05) is 51.1 Å². The third kappa shape index (κ3) is 6.14. The van der Waals surface area contributed by atoms with Crippen molar-refractivity contribution in [3.05, 3.63) is 64.7 Å². The van der Waals surface area contributed by atoms with Gasteiger partial charge in [0.25, 0.3) is 5.91 Å². The molecule has 0 aliphatic carbocycles. The van der Waals surface area contributed by atoms with Crippen LogP contribution in [0.1, 0.15) is 34.9 Å². The number of nitrogens with zero attached hydrogens (tertiary/aromatic N) is 4. The molecule has 2 aliphatic rings. The van der Waals surface area contributed by atoms with E-state index < -0.39 is 0 Å². The van der Waals surface area contributed by atoms with Crippen molar-refractivity contribution in [2.45, 2.75) is 36.8 Å². The fraction of sp³-hybridized carbons (Fsp3) is 0.423. The van der Waals surface area contributed by atoms with Crippen LogP contribution in [0, 0.1) is 6.92 Å². The first-order valence-corrected chi connectivity index (χ1v) is 13.6. The monoisotopic (exact) mass is 527 g/mol. The number of aromatic nitrogens is 2. The van der Waals surface area contributed by atoms with Crippen molar-refractivity contribution >= 4 is 40.8 Å². The standard InChI is InChI=1S/C26H30ClN5O3S/c1-18-15-24(32-12-10-31(11-13-32)22-7-3-2-6-21(22)27)30-26(29-18)36-17-20-8-9-23(35-20)25(33)28-16-19-5-4-14-34-19/h2-3,6-9,15,19H,4-5,10-14,16-17H2,1H3,(H,28,33)/t19-/m0/s1. The molecule has 0 saturated carbocycles. The number of hydrogen-bond acceptors (Lipinski definition) is 8. The van der Waals surface area contributed by atoms with E-state index in [1.807, 2.05) is 37.3 Å². The minimum atomic E-state index is -0.216. The van der Waals surface area contributed by atoms with E-state index in [0.29, 0.717) is 29.0 Å². The molecule has 1 aromatic carbocycles. The number of carbonyl (C=O) groups is 1. The highest BCUT2D eigenvalue weighted by Crippen LogP contribution is 2.28.